The number of aliphatic imine (C=N–C) groups is 2. The molecule has 4 N–H and O–H groups in total. The summed E-state index contributed by atoms with van der Waals surface area (Å²) in [7, 11) is 2.03. The highest BCUT2D eigenvalue weighted by Gasteiger charge is 2.48. The fraction of sp³-hybridized carbons (Fsp3) is 0.481. The Labute approximate surface area is 213 Å². The number of phenolic OH excluding ortho intramolecular Hbond substituents is 1. The standard InChI is InChI=1S/C27H39N7O2/c1-18(19-16-31-32-17-19)15-30-25(29-6)22-9-8-20(12-23(22)35)33(7)21-13-26(2,3)34(24(36)10-11-28)27(4,5)14-21/h8-9,12,15-17,21,35H,6,10-11,13-14,28H2,1-5,7H3,(H,31,32)/b18-15+,30-25?. The zero-order chi connectivity index (χ0) is 26.7. The number of nitrogens with two attached hydrogens (primary N) is 1. The number of hydrogen-bond acceptors (Lipinski definition) is 6. The Balaban J connectivity index is 1.84. The first-order valence-electron chi connectivity index (χ1n) is 12.2. The summed E-state index contributed by atoms with van der Waals surface area (Å²) >= 11 is 0. The molecule has 3 rings (SSSR count). The van der Waals surface area contributed by atoms with E-state index in [1.165, 1.54) is 0 Å². The molecule has 0 unspecified atom stereocenters. The normalized spacial score (nSPS) is 18.2. The van der Waals surface area contributed by atoms with Crippen molar-refractivity contribution in [3.05, 3.63) is 47.9 Å². The summed E-state index contributed by atoms with van der Waals surface area (Å²) in [5.74, 6) is 0.504. The first kappa shape index (κ1) is 27.1. The van der Waals surface area contributed by atoms with Crippen molar-refractivity contribution in [3.8, 4) is 5.75 Å². The van der Waals surface area contributed by atoms with Gasteiger partial charge >= 0.3 is 0 Å². The lowest BCUT2D eigenvalue weighted by molar-refractivity contribution is -0.149. The van der Waals surface area contributed by atoms with Gasteiger partial charge in [0.25, 0.3) is 0 Å². The Kier molecular flexibility index (Phi) is 8.03. The second-order valence-corrected chi connectivity index (χ2v) is 10.7. The number of anilines is 1. The van der Waals surface area contributed by atoms with Gasteiger partial charge < -0.3 is 20.6 Å². The van der Waals surface area contributed by atoms with E-state index in [0.29, 0.717) is 24.4 Å². The Bertz CT molecular complexity index is 1130. The first-order valence-corrected chi connectivity index (χ1v) is 12.2. The lowest BCUT2D eigenvalue weighted by atomic mass is 9.76. The topological polar surface area (TPSA) is 123 Å². The number of hydrogen-bond donors (Lipinski definition) is 3. The van der Waals surface area contributed by atoms with Crippen molar-refractivity contribution >= 4 is 29.7 Å². The summed E-state index contributed by atoms with van der Waals surface area (Å²) < 4.78 is 0. The molecule has 0 saturated carbocycles. The number of aromatic nitrogens is 2. The van der Waals surface area contributed by atoms with Crippen LogP contribution in [0.4, 0.5) is 5.69 Å². The minimum absolute atomic E-state index is 0.0777. The van der Waals surface area contributed by atoms with Gasteiger partial charge in [0.1, 0.15) is 5.75 Å². The highest BCUT2D eigenvalue weighted by Crippen LogP contribution is 2.41. The van der Waals surface area contributed by atoms with Crippen molar-refractivity contribution in [2.45, 2.75) is 71.0 Å². The Morgan fingerprint density at radius 1 is 1.33 bits per heavy atom. The van der Waals surface area contributed by atoms with Crippen LogP contribution in [0.3, 0.4) is 0 Å². The van der Waals surface area contributed by atoms with Crippen LogP contribution in [0.5, 0.6) is 5.75 Å². The molecule has 0 atom stereocenters. The smallest absolute Gasteiger partial charge is 0.224 e. The summed E-state index contributed by atoms with van der Waals surface area (Å²) in [4.78, 5) is 25.5. The van der Waals surface area contributed by atoms with Crippen molar-refractivity contribution in [2.24, 2.45) is 15.7 Å². The molecule has 1 aliphatic rings. The van der Waals surface area contributed by atoms with Gasteiger partial charge in [-0.1, -0.05) is 0 Å². The predicted molar refractivity (Wildman–Crippen MR) is 147 cm³/mol. The van der Waals surface area contributed by atoms with Gasteiger partial charge in [-0.2, -0.15) is 5.10 Å². The number of carbonyl (C=O) groups excluding carboxylic acids is 1. The zero-order valence-corrected chi connectivity index (χ0v) is 22.2. The van der Waals surface area contributed by atoms with E-state index >= 15 is 0 Å². The molecule has 0 radical (unpaired) electrons. The van der Waals surface area contributed by atoms with Crippen LogP contribution in [0, 0.1) is 0 Å². The van der Waals surface area contributed by atoms with Gasteiger partial charge in [-0.25, -0.2) is 9.98 Å². The number of nitrogens with one attached hydrogen (secondary N) is 1. The van der Waals surface area contributed by atoms with Crippen LogP contribution in [0.2, 0.25) is 0 Å². The predicted octanol–water partition coefficient (Wildman–Crippen LogP) is 3.96. The number of nitrogens with zero attached hydrogens (tertiary/aromatic N) is 5. The number of carbonyl (C=O) groups is 1. The van der Waals surface area contributed by atoms with Gasteiger partial charge in [-0.15, -0.1) is 0 Å². The lowest BCUT2D eigenvalue weighted by Crippen LogP contribution is -2.66. The molecule has 0 aliphatic carbocycles. The number of likely N-dealkylation sites (tertiary alicyclic amines) is 1. The molecule has 2 heterocycles. The number of benzene rings is 1. The zero-order valence-electron chi connectivity index (χ0n) is 22.2. The average molecular weight is 494 g/mol. The van der Waals surface area contributed by atoms with E-state index in [1.807, 2.05) is 31.0 Å². The van der Waals surface area contributed by atoms with E-state index in [1.54, 1.807) is 24.7 Å². The quantitative estimate of drug-likeness (QED) is 0.398. The van der Waals surface area contributed by atoms with Crippen LogP contribution in [0.25, 0.3) is 5.57 Å². The molecule has 1 saturated heterocycles. The lowest BCUT2D eigenvalue weighted by Gasteiger charge is -2.57. The monoisotopic (exact) mass is 493 g/mol. The van der Waals surface area contributed by atoms with E-state index in [0.717, 1.165) is 29.7 Å². The van der Waals surface area contributed by atoms with Crippen LogP contribution in [0.15, 0.2) is 46.8 Å². The molecule has 194 valence electrons. The second-order valence-electron chi connectivity index (χ2n) is 10.7. The number of allylic oxidation sites excluding steroid dienone is 1. The van der Waals surface area contributed by atoms with Gasteiger partial charge in [0.15, 0.2) is 5.84 Å². The molecule has 1 amide bonds. The molecule has 1 aromatic carbocycles. The van der Waals surface area contributed by atoms with Crippen LogP contribution in [-0.2, 0) is 4.79 Å². The number of aromatic hydroxyl groups is 1. The molecule has 2 aromatic rings. The van der Waals surface area contributed by atoms with E-state index in [4.69, 9.17) is 5.73 Å². The molecular weight excluding hydrogens is 454 g/mol. The molecule has 36 heavy (non-hydrogen) atoms. The van der Waals surface area contributed by atoms with E-state index < -0.39 is 0 Å². The van der Waals surface area contributed by atoms with Crippen LogP contribution in [0.1, 0.15) is 65.0 Å². The summed E-state index contributed by atoms with van der Waals surface area (Å²) in [6, 6.07) is 5.67. The van der Waals surface area contributed by atoms with Crippen LogP contribution < -0.4 is 10.6 Å². The number of amidine groups is 1. The molecule has 9 nitrogen and oxygen atoms in total. The van der Waals surface area contributed by atoms with Crippen molar-refractivity contribution < 1.29 is 9.90 Å². The molecule has 1 aromatic heterocycles. The maximum atomic E-state index is 12.9. The molecular formula is C27H39N7O2. The first-order chi connectivity index (χ1) is 16.9. The van der Waals surface area contributed by atoms with Crippen LogP contribution >= 0.6 is 0 Å². The third-order valence-corrected chi connectivity index (χ3v) is 6.95. The average Bonchev–Trinajstić information content (AvgIpc) is 3.33. The minimum Gasteiger partial charge on any atom is -0.507 e. The molecule has 0 spiro atoms. The second kappa shape index (κ2) is 10.7. The number of rotatable bonds is 7. The van der Waals surface area contributed by atoms with Crippen molar-refractivity contribution in [1.29, 1.82) is 0 Å². The third kappa shape index (κ3) is 5.67. The van der Waals surface area contributed by atoms with Crippen molar-refractivity contribution in [1.82, 2.24) is 15.1 Å². The van der Waals surface area contributed by atoms with Gasteiger partial charge in [-0.05, 0) is 71.9 Å². The van der Waals surface area contributed by atoms with E-state index in [2.05, 4.69) is 59.5 Å². The molecule has 1 fully saturated rings. The highest BCUT2D eigenvalue weighted by molar-refractivity contribution is 6.04. The Morgan fingerprint density at radius 2 is 2.00 bits per heavy atom. The number of piperidine rings is 1. The van der Waals surface area contributed by atoms with Gasteiger partial charge in [-0.3, -0.25) is 9.89 Å². The fourth-order valence-corrected chi connectivity index (χ4v) is 5.45. The summed E-state index contributed by atoms with van der Waals surface area (Å²) in [5, 5.41) is 17.6. The molecule has 9 heteroatoms. The Morgan fingerprint density at radius 3 is 2.53 bits per heavy atom. The summed E-state index contributed by atoms with van der Waals surface area (Å²) in [6.45, 7) is 14.3. The SMILES string of the molecule is C=NC(=N/C=C(\C)c1cn[nH]c1)c1ccc(N(C)C2CC(C)(C)N(C(=O)CCN)C(C)(C)C2)cc1O. The maximum Gasteiger partial charge on any atom is 0.224 e. The number of H-pyrrole nitrogens is 1. The number of amides is 1. The maximum absolute atomic E-state index is 12.9. The summed E-state index contributed by atoms with van der Waals surface area (Å²) in [6.07, 6.45) is 7.12. The fourth-order valence-electron chi connectivity index (χ4n) is 5.45. The van der Waals surface area contributed by atoms with Crippen molar-refractivity contribution in [3.63, 3.8) is 0 Å². The van der Waals surface area contributed by atoms with E-state index in [-0.39, 0.29) is 28.8 Å². The molecule has 0 bridgehead atoms. The Hall–Kier alpha value is -3.46. The molecule has 1 aliphatic heterocycles. The van der Waals surface area contributed by atoms with Gasteiger partial charge in [0.05, 0.1) is 11.8 Å². The number of phenols is 1. The number of aromatic amines is 1. The highest BCUT2D eigenvalue weighted by atomic mass is 16.3. The third-order valence-electron chi connectivity index (χ3n) is 6.95. The minimum atomic E-state index is -0.333. The van der Waals surface area contributed by atoms with Gasteiger partial charge in [0.2, 0.25) is 5.91 Å². The largest absolute Gasteiger partial charge is 0.507 e. The van der Waals surface area contributed by atoms with Gasteiger partial charge in [0, 0.05) is 66.8 Å². The van der Waals surface area contributed by atoms with Crippen LogP contribution in [-0.4, -0.2) is 69.4 Å². The summed E-state index contributed by atoms with van der Waals surface area (Å²) in [5.41, 5.74) is 8.21. The van der Waals surface area contributed by atoms with Crippen molar-refractivity contribution in [2.75, 3.05) is 18.5 Å². The van der Waals surface area contributed by atoms with E-state index in [9.17, 15) is 9.90 Å².